The highest BCUT2D eigenvalue weighted by Gasteiger charge is 2.61. The molecule has 172 valence electrons. The average Bonchev–Trinajstić information content (AvgIpc) is 2.96. The molecule has 0 aromatic carbocycles. The molecule has 0 unspecified atom stereocenters. The third-order valence-electron chi connectivity index (χ3n) is 10.3. The summed E-state index contributed by atoms with van der Waals surface area (Å²) in [5, 5.41) is 31.8. The van der Waals surface area contributed by atoms with Crippen LogP contribution in [0.25, 0.3) is 0 Å². The number of hydrogen-bond acceptors (Lipinski definition) is 3. The Morgan fingerprint density at radius 2 is 1.83 bits per heavy atom. The molecule has 0 radical (unpaired) electrons. The van der Waals surface area contributed by atoms with Gasteiger partial charge in [0.25, 0.3) is 0 Å². The van der Waals surface area contributed by atoms with E-state index in [-0.39, 0.29) is 41.5 Å². The standard InChI is InChI=1S/C27H46O3/c1-17(2)6-5-7-18(16-28)25-24(30)15-23-21-9-8-19-14-20(29)10-12-26(19,3)22(21)11-13-27(23,25)4/h8,17-18,20-25,28-30H,5-7,9-16H2,1-4H3/t18-,20-,21+,22-,23-,24-,25-,26-,27-/m0/s1. The summed E-state index contributed by atoms with van der Waals surface area (Å²) in [5.41, 5.74) is 1.92. The molecule has 0 aliphatic heterocycles. The van der Waals surface area contributed by atoms with Gasteiger partial charge in [0, 0.05) is 6.61 Å². The third-order valence-corrected chi connectivity index (χ3v) is 10.3. The SMILES string of the molecule is CC(C)CCC[C@@H](CO)[C@H]1[C@@H](O)C[C@H]2[C@@H]3CC=C4C[C@@H](O)CC[C@]4(C)[C@H]3CC[C@]12C. The first-order valence-corrected chi connectivity index (χ1v) is 12.9. The number of aliphatic hydroxyl groups is 3. The summed E-state index contributed by atoms with van der Waals surface area (Å²) in [6, 6.07) is 0. The molecular weight excluding hydrogens is 372 g/mol. The third kappa shape index (κ3) is 3.71. The van der Waals surface area contributed by atoms with Crippen molar-refractivity contribution in [3.63, 3.8) is 0 Å². The minimum absolute atomic E-state index is 0.149. The van der Waals surface area contributed by atoms with Gasteiger partial charge in [0.15, 0.2) is 0 Å². The van der Waals surface area contributed by atoms with E-state index in [2.05, 4.69) is 33.8 Å². The zero-order chi connectivity index (χ0) is 21.7. The van der Waals surface area contributed by atoms with Gasteiger partial charge >= 0.3 is 0 Å². The summed E-state index contributed by atoms with van der Waals surface area (Å²) in [5.74, 6) is 3.10. The quantitative estimate of drug-likeness (QED) is 0.511. The van der Waals surface area contributed by atoms with Crippen LogP contribution < -0.4 is 0 Å². The van der Waals surface area contributed by atoms with Crippen molar-refractivity contribution in [3.05, 3.63) is 11.6 Å². The largest absolute Gasteiger partial charge is 0.396 e. The molecule has 3 fully saturated rings. The van der Waals surface area contributed by atoms with Gasteiger partial charge < -0.3 is 15.3 Å². The molecule has 0 bridgehead atoms. The van der Waals surface area contributed by atoms with Crippen molar-refractivity contribution in [2.24, 2.45) is 46.3 Å². The zero-order valence-electron chi connectivity index (χ0n) is 19.8. The fourth-order valence-corrected chi connectivity index (χ4v) is 8.72. The lowest BCUT2D eigenvalue weighted by molar-refractivity contribution is -0.0690. The van der Waals surface area contributed by atoms with Gasteiger partial charge in [-0.3, -0.25) is 0 Å². The van der Waals surface area contributed by atoms with Crippen LogP contribution in [0, 0.1) is 46.3 Å². The molecule has 0 amide bonds. The highest BCUT2D eigenvalue weighted by molar-refractivity contribution is 5.25. The van der Waals surface area contributed by atoms with Gasteiger partial charge in [-0.05, 0) is 97.7 Å². The highest BCUT2D eigenvalue weighted by Crippen LogP contribution is 2.67. The topological polar surface area (TPSA) is 60.7 Å². The summed E-state index contributed by atoms with van der Waals surface area (Å²) in [7, 11) is 0. The second kappa shape index (κ2) is 8.52. The Balaban J connectivity index is 1.55. The van der Waals surface area contributed by atoms with Crippen LogP contribution in [-0.2, 0) is 0 Å². The Bertz CT molecular complexity index is 642. The van der Waals surface area contributed by atoms with Crippen LogP contribution >= 0.6 is 0 Å². The van der Waals surface area contributed by atoms with E-state index in [4.69, 9.17) is 0 Å². The average molecular weight is 419 g/mol. The van der Waals surface area contributed by atoms with E-state index in [1.165, 1.54) is 24.8 Å². The Kier molecular flexibility index (Phi) is 6.48. The van der Waals surface area contributed by atoms with E-state index < -0.39 is 0 Å². The predicted octanol–water partition coefficient (Wildman–Crippen LogP) is 5.33. The molecule has 0 spiro atoms. The van der Waals surface area contributed by atoms with Gasteiger partial charge in [-0.15, -0.1) is 0 Å². The predicted molar refractivity (Wildman–Crippen MR) is 122 cm³/mol. The van der Waals surface area contributed by atoms with Gasteiger partial charge in [0.1, 0.15) is 0 Å². The monoisotopic (exact) mass is 418 g/mol. The van der Waals surface area contributed by atoms with E-state index >= 15 is 0 Å². The van der Waals surface area contributed by atoms with Crippen molar-refractivity contribution in [2.45, 2.75) is 104 Å². The Morgan fingerprint density at radius 3 is 2.53 bits per heavy atom. The van der Waals surface area contributed by atoms with E-state index in [0.29, 0.717) is 23.7 Å². The van der Waals surface area contributed by atoms with Gasteiger partial charge in [-0.2, -0.15) is 0 Å². The molecule has 9 atom stereocenters. The van der Waals surface area contributed by atoms with Crippen LogP contribution in [0.1, 0.15) is 91.9 Å². The van der Waals surface area contributed by atoms with Gasteiger partial charge in [-0.1, -0.05) is 52.2 Å². The maximum Gasteiger partial charge on any atom is 0.0580 e. The van der Waals surface area contributed by atoms with Crippen LogP contribution in [0.4, 0.5) is 0 Å². The number of hydrogen-bond donors (Lipinski definition) is 3. The lowest BCUT2D eigenvalue weighted by atomic mass is 9.47. The van der Waals surface area contributed by atoms with Crippen LogP contribution in [-0.4, -0.2) is 34.1 Å². The van der Waals surface area contributed by atoms with Crippen molar-refractivity contribution in [3.8, 4) is 0 Å². The lowest BCUT2D eigenvalue weighted by Gasteiger charge is -2.58. The van der Waals surface area contributed by atoms with E-state index in [0.717, 1.165) is 44.9 Å². The highest BCUT2D eigenvalue weighted by atomic mass is 16.3. The second-order valence-corrected chi connectivity index (χ2v) is 12.3. The second-order valence-electron chi connectivity index (χ2n) is 12.3. The van der Waals surface area contributed by atoms with Crippen molar-refractivity contribution >= 4 is 0 Å². The maximum atomic E-state index is 11.3. The van der Waals surface area contributed by atoms with Crippen molar-refractivity contribution in [1.82, 2.24) is 0 Å². The molecule has 4 rings (SSSR count). The Hall–Kier alpha value is -0.380. The summed E-state index contributed by atoms with van der Waals surface area (Å²) < 4.78 is 0. The molecule has 0 aromatic rings. The van der Waals surface area contributed by atoms with Crippen LogP contribution in [0.3, 0.4) is 0 Å². The van der Waals surface area contributed by atoms with Crippen molar-refractivity contribution in [2.75, 3.05) is 6.61 Å². The van der Waals surface area contributed by atoms with Crippen molar-refractivity contribution < 1.29 is 15.3 Å². The minimum atomic E-state index is -0.263. The summed E-state index contributed by atoms with van der Waals surface area (Å²) in [4.78, 5) is 0. The van der Waals surface area contributed by atoms with E-state index in [9.17, 15) is 15.3 Å². The molecule has 30 heavy (non-hydrogen) atoms. The van der Waals surface area contributed by atoms with Crippen molar-refractivity contribution in [1.29, 1.82) is 0 Å². The lowest BCUT2D eigenvalue weighted by Crippen LogP contribution is -2.51. The van der Waals surface area contributed by atoms with Gasteiger partial charge in [0.05, 0.1) is 12.2 Å². The van der Waals surface area contributed by atoms with E-state index in [1.807, 2.05) is 0 Å². The Morgan fingerprint density at radius 1 is 1.07 bits per heavy atom. The molecule has 0 aromatic heterocycles. The zero-order valence-corrected chi connectivity index (χ0v) is 19.8. The molecule has 0 heterocycles. The maximum absolute atomic E-state index is 11.3. The molecule has 3 saturated carbocycles. The number of allylic oxidation sites excluding steroid dienone is 1. The smallest absolute Gasteiger partial charge is 0.0580 e. The first-order valence-electron chi connectivity index (χ1n) is 12.9. The minimum Gasteiger partial charge on any atom is -0.396 e. The van der Waals surface area contributed by atoms with Crippen LogP contribution in [0.5, 0.6) is 0 Å². The van der Waals surface area contributed by atoms with Gasteiger partial charge in [0.2, 0.25) is 0 Å². The Labute approximate surface area is 184 Å². The molecule has 4 aliphatic carbocycles. The normalized spacial score (nSPS) is 46.7. The molecule has 3 heteroatoms. The fourth-order valence-electron chi connectivity index (χ4n) is 8.72. The molecular formula is C27H46O3. The molecule has 3 N–H and O–H groups in total. The van der Waals surface area contributed by atoms with Gasteiger partial charge in [-0.25, -0.2) is 0 Å². The van der Waals surface area contributed by atoms with Crippen LogP contribution in [0.2, 0.25) is 0 Å². The first-order chi connectivity index (χ1) is 14.2. The fraction of sp³-hybridized carbons (Fsp3) is 0.926. The number of rotatable bonds is 6. The molecule has 0 saturated heterocycles. The summed E-state index contributed by atoms with van der Waals surface area (Å²) in [6.07, 6.45) is 12.9. The number of aliphatic hydroxyl groups excluding tert-OH is 3. The van der Waals surface area contributed by atoms with Crippen LogP contribution in [0.15, 0.2) is 11.6 Å². The first kappa shape index (κ1) is 22.8. The summed E-state index contributed by atoms with van der Waals surface area (Å²) >= 11 is 0. The molecule has 4 aliphatic rings. The molecule has 3 nitrogen and oxygen atoms in total. The number of fused-ring (bicyclic) bond motifs is 5. The van der Waals surface area contributed by atoms with E-state index in [1.54, 1.807) is 0 Å². The summed E-state index contributed by atoms with van der Waals surface area (Å²) in [6.45, 7) is 9.68.